The van der Waals surface area contributed by atoms with Crippen LogP contribution in [0.4, 0.5) is 0 Å². The monoisotopic (exact) mass is 213 g/mol. The topological polar surface area (TPSA) is 73.9 Å². The van der Waals surface area contributed by atoms with Crippen molar-refractivity contribution in [3.8, 4) is 5.75 Å². The second-order valence-electron chi connectivity index (χ2n) is 3.19. The first-order valence-electron chi connectivity index (χ1n) is 4.81. The fourth-order valence-corrected chi connectivity index (χ4v) is 1.24. The zero-order chi connectivity index (χ0) is 11.3. The maximum atomic E-state index is 11.1. The lowest BCUT2D eigenvalue weighted by atomic mass is 10.3. The van der Waals surface area contributed by atoms with Crippen LogP contribution in [0.3, 0.4) is 0 Å². The molecule has 0 unspecified atom stereocenters. The SMILES string of the molecule is CCN(CCO)Cc1cc(=O)c(O)co1. The molecular formula is C10H15NO4. The molecule has 0 aliphatic heterocycles. The van der Waals surface area contributed by atoms with E-state index in [2.05, 4.69) is 0 Å². The van der Waals surface area contributed by atoms with Gasteiger partial charge in [-0.3, -0.25) is 9.69 Å². The number of aliphatic hydroxyl groups is 1. The molecule has 0 spiro atoms. The third kappa shape index (κ3) is 3.38. The van der Waals surface area contributed by atoms with Crippen molar-refractivity contribution < 1.29 is 14.6 Å². The summed E-state index contributed by atoms with van der Waals surface area (Å²) in [4.78, 5) is 13.0. The van der Waals surface area contributed by atoms with E-state index in [9.17, 15) is 4.79 Å². The van der Waals surface area contributed by atoms with Crippen LogP contribution in [-0.2, 0) is 6.54 Å². The number of aliphatic hydroxyl groups excluding tert-OH is 1. The van der Waals surface area contributed by atoms with Gasteiger partial charge < -0.3 is 14.6 Å². The summed E-state index contributed by atoms with van der Waals surface area (Å²) in [5.74, 6) is 0.0945. The van der Waals surface area contributed by atoms with Crippen LogP contribution in [0.15, 0.2) is 21.5 Å². The van der Waals surface area contributed by atoms with Crippen molar-refractivity contribution in [2.24, 2.45) is 0 Å². The van der Waals surface area contributed by atoms with Crippen molar-refractivity contribution in [2.45, 2.75) is 13.5 Å². The lowest BCUT2D eigenvalue weighted by Gasteiger charge is -2.17. The van der Waals surface area contributed by atoms with E-state index in [1.165, 1.54) is 6.07 Å². The van der Waals surface area contributed by atoms with Gasteiger partial charge in [0.2, 0.25) is 5.43 Å². The number of rotatable bonds is 5. The number of nitrogens with zero attached hydrogens (tertiary/aromatic N) is 1. The Morgan fingerprint density at radius 1 is 1.53 bits per heavy atom. The first-order valence-corrected chi connectivity index (χ1v) is 4.81. The molecule has 1 rings (SSSR count). The summed E-state index contributed by atoms with van der Waals surface area (Å²) in [6, 6.07) is 1.26. The second kappa shape index (κ2) is 5.53. The molecule has 0 aliphatic carbocycles. The highest BCUT2D eigenvalue weighted by molar-refractivity contribution is 5.15. The molecular weight excluding hydrogens is 198 g/mol. The Labute approximate surface area is 87.6 Å². The molecule has 1 heterocycles. The summed E-state index contributed by atoms with van der Waals surface area (Å²) < 4.78 is 5.04. The predicted octanol–water partition coefficient (Wildman–Crippen LogP) is 0.160. The van der Waals surface area contributed by atoms with Crippen LogP contribution in [0.5, 0.6) is 5.75 Å². The minimum Gasteiger partial charge on any atom is -0.502 e. The van der Waals surface area contributed by atoms with Gasteiger partial charge in [0.25, 0.3) is 0 Å². The summed E-state index contributed by atoms with van der Waals surface area (Å²) in [6.45, 7) is 3.75. The zero-order valence-corrected chi connectivity index (χ0v) is 8.64. The molecule has 0 radical (unpaired) electrons. The highest BCUT2D eigenvalue weighted by Gasteiger charge is 2.06. The van der Waals surface area contributed by atoms with E-state index in [0.717, 1.165) is 12.8 Å². The van der Waals surface area contributed by atoms with E-state index in [1.807, 2.05) is 11.8 Å². The molecule has 1 aromatic rings. The van der Waals surface area contributed by atoms with E-state index in [1.54, 1.807) is 0 Å². The molecule has 0 fully saturated rings. The van der Waals surface area contributed by atoms with Crippen LogP contribution in [-0.4, -0.2) is 34.8 Å². The normalized spacial score (nSPS) is 10.9. The maximum Gasteiger partial charge on any atom is 0.226 e. The van der Waals surface area contributed by atoms with Crippen LogP contribution in [0.25, 0.3) is 0 Å². The Morgan fingerprint density at radius 2 is 2.27 bits per heavy atom. The minimum atomic E-state index is -0.448. The van der Waals surface area contributed by atoms with Gasteiger partial charge in [0.05, 0.1) is 13.2 Å². The maximum absolute atomic E-state index is 11.1. The zero-order valence-electron chi connectivity index (χ0n) is 8.64. The summed E-state index contributed by atoms with van der Waals surface area (Å²) in [6.07, 6.45) is 1.03. The Morgan fingerprint density at radius 3 is 2.80 bits per heavy atom. The second-order valence-corrected chi connectivity index (χ2v) is 3.19. The minimum absolute atomic E-state index is 0.0656. The van der Waals surface area contributed by atoms with Gasteiger partial charge in [-0.25, -0.2) is 0 Å². The Bertz CT molecular complexity index is 361. The van der Waals surface area contributed by atoms with Crippen molar-refractivity contribution in [1.82, 2.24) is 4.90 Å². The standard InChI is InChI=1S/C10H15NO4/c1-2-11(3-4-12)6-8-5-9(13)10(14)7-15-8/h5,7,12,14H,2-4,6H2,1H3. The highest BCUT2D eigenvalue weighted by Crippen LogP contribution is 2.06. The Kier molecular flexibility index (Phi) is 4.33. The van der Waals surface area contributed by atoms with Crippen LogP contribution in [0.2, 0.25) is 0 Å². The molecule has 0 bridgehead atoms. The van der Waals surface area contributed by atoms with E-state index in [0.29, 0.717) is 18.8 Å². The van der Waals surface area contributed by atoms with Crippen LogP contribution in [0.1, 0.15) is 12.7 Å². The molecule has 0 aliphatic rings. The first kappa shape index (κ1) is 11.7. The quantitative estimate of drug-likeness (QED) is 0.728. The van der Waals surface area contributed by atoms with Gasteiger partial charge in [0.1, 0.15) is 12.0 Å². The van der Waals surface area contributed by atoms with Crippen molar-refractivity contribution in [3.05, 3.63) is 28.3 Å². The number of aromatic hydroxyl groups is 1. The van der Waals surface area contributed by atoms with E-state index < -0.39 is 5.43 Å². The van der Waals surface area contributed by atoms with E-state index in [-0.39, 0.29) is 12.4 Å². The van der Waals surface area contributed by atoms with E-state index >= 15 is 0 Å². The summed E-state index contributed by atoms with van der Waals surface area (Å²) >= 11 is 0. The van der Waals surface area contributed by atoms with Crippen molar-refractivity contribution in [3.63, 3.8) is 0 Å². The average molecular weight is 213 g/mol. The van der Waals surface area contributed by atoms with Gasteiger partial charge >= 0.3 is 0 Å². The highest BCUT2D eigenvalue weighted by atomic mass is 16.4. The molecule has 5 nitrogen and oxygen atoms in total. The summed E-state index contributed by atoms with van der Waals surface area (Å²) in [5.41, 5.74) is -0.448. The summed E-state index contributed by atoms with van der Waals surface area (Å²) in [7, 11) is 0. The molecule has 84 valence electrons. The third-order valence-corrected chi connectivity index (χ3v) is 2.11. The Balaban J connectivity index is 2.71. The number of hydrogen-bond acceptors (Lipinski definition) is 5. The van der Waals surface area contributed by atoms with Crippen LogP contribution >= 0.6 is 0 Å². The van der Waals surface area contributed by atoms with Crippen molar-refractivity contribution >= 4 is 0 Å². The smallest absolute Gasteiger partial charge is 0.226 e. The van der Waals surface area contributed by atoms with Gasteiger partial charge in [-0.1, -0.05) is 6.92 Å². The summed E-state index contributed by atoms with van der Waals surface area (Å²) in [5, 5.41) is 17.7. The van der Waals surface area contributed by atoms with Crippen molar-refractivity contribution in [2.75, 3.05) is 19.7 Å². The fraction of sp³-hybridized carbons (Fsp3) is 0.500. The largest absolute Gasteiger partial charge is 0.502 e. The first-order chi connectivity index (χ1) is 7.17. The van der Waals surface area contributed by atoms with Gasteiger partial charge in [-0.05, 0) is 6.54 Å². The average Bonchev–Trinajstić information content (AvgIpc) is 2.23. The van der Waals surface area contributed by atoms with Gasteiger partial charge in [0.15, 0.2) is 5.75 Å². The molecule has 0 saturated carbocycles. The third-order valence-electron chi connectivity index (χ3n) is 2.11. The lowest BCUT2D eigenvalue weighted by molar-refractivity contribution is 0.186. The van der Waals surface area contributed by atoms with Crippen LogP contribution in [0, 0.1) is 0 Å². The Hall–Kier alpha value is -1.33. The molecule has 0 atom stereocenters. The molecule has 0 amide bonds. The molecule has 0 aromatic carbocycles. The van der Waals surface area contributed by atoms with Crippen molar-refractivity contribution in [1.29, 1.82) is 0 Å². The molecule has 0 saturated heterocycles. The predicted molar refractivity (Wildman–Crippen MR) is 54.7 cm³/mol. The lowest BCUT2D eigenvalue weighted by Crippen LogP contribution is -2.26. The van der Waals surface area contributed by atoms with Gasteiger partial charge in [0, 0.05) is 12.6 Å². The van der Waals surface area contributed by atoms with Crippen LogP contribution < -0.4 is 5.43 Å². The van der Waals surface area contributed by atoms with Gasteiger partial charge in [-0.2, -0.15) is 0 Å². The van der Waals surface area contributed by atoms with Gasteiger partial charge in [-0.15, -0.1) is 0 Å². The molecule has 5 heteroatoms. The molecule has 2 N–H and O–H groups in total. The number of hydrogen-bond donors (Lipinski definition) is 2. The number of likely N-dealkylation sites (N-methyl/N-ethyl adjacent to an activating group) is 1. The molecule has 1 aromatic heterocycles. The molecule has 15 heavy (non-hydrogen) atoms. The van der Waals surface area contributed by atoms with E-state index in [4.69, 9.17) is 14.6 Å². The fourth-order valence-electron chi connectivity index (χ4n) is 1.24.